The predicted molar refractivity (Wildman–Crippen MR) is 136 cm³/mol. The molecule has 0 radical (unpaired) electrons. The summed E-state index contributed by atoms with van der Waals surface area (Å²) in [5, 5.41) is 14.5. The van der Waals surface area contributed by atoms with Gasteiger partial charge in [-0.25, -0.2) is 0 Å². The molecule has 0 bridgehead atoms. The molecule has 1 unspecified atom stereocenters. The van der Waals surface area contributed by atoms with E-state index in [0.29, 0.717) is 31.7 Å². The van der Waals surface area contributed by atoms with Crippen LogP contribution in [-0.2, 0) is 14.4 Å². The average Bonchev–Trinajstić information content (AvgIpc) is 3.41. The Morgan fingerprint density at radius 3 is 2.74 bits per heavy atom. The van der Waals surface area contributed by atoms with Crippen molar-refractivity contribution < 1.29 is 14.4 Å². The highest BCUT2D eigenvalue weighted by Crippen LogP contribution is 2.29. The third-order valence-corrected chi connectivity index (χ3v) is 7.69. The molecule has 2 aromatic carbocycles. The van der Waals surface area contributed by atoms with Crippen molar-refractivity contribution in [2.45, 2.75) is 17.7 Å². The van der Waals surface area contributed by atoms with Crippen LogP contribution in [0.15, 0.2) is 46.8 Å². The van der Waals surface area contributed by atoms with E-state index in [9.17, 15) is 14.4 Å². The second kappa shape index (κ2) is 10.7. The Hall–Kier alpha value is -2.66. The topological polar surface area (TPSA) is 104 Å². The Bertz CT molecular complexity index is 1250. The minimum atomic E-state index is -0.481. The Labute approximate surface area is 214 Å². The number of aromatic nitrogens is 2. The first-order valence-corrected chi connectivity index (χ1v) is 12.7. The highest BCUT2D eigenvalue weighted by Gasteiger charge is 2.35. The van der Waals surface area contributed by atoms with Crippen molar-refractivity contribution in [1.82, 2.24) is 10.2 Å². The Morgan fingerprint density at radius 2 is 1.97 bits per heavy atom. The summed E-state index contributed by atoms with van der Waals surface area (Å²) in [5.41, 5.74) is 2.37. The number of nitrogens with one attached hydrogen (secondary N) is 2. The molecule has 1 saturated heterocycles. The monoisotopic (exact) mass is 535 g/mol. The summed E-state index contributed by atoms with van der Waals surface area (Å²) in [6.45, 7) is 2.26. The van der Waals surface area contributed by atoms with Crippen LogP contribution < -0.4 is 15.5 Å². The van der Waals surface area contributed by atoms with Crippen molar-refractivity contribution >= 4 is 80.5 Å². The van der Waals surface area contributed by atoms with Crippen LogP contribution in [-0.4, -0.2) is 40.2 Å². The van der Waals surface area contributed by atoms with Gasteiger partial charge in [0.05, 0.1) is 21.7 Å². The lowest BCUT2D eigenvalue weighted by atomic mass is 10.1. The molecular weight excluding hydrogens is 517 g/mol. The van der Waals surface area contributed by atoms with E-state index in [1.165, 1.54) is 11.8 Å². The summed E-state index contributed by atoms with van der Waals surface area (Å²) >= 11 is 14.2. The summed E-state index contributed by atoms with van der Waals surface area (Å²) in [4.78, 5) is 38.9. The van der Waals surface area contributed by atoms with E-state index in [1.807, 2.05) is 31.2 Å². The average molecular weight is 536 g/mol. The van der Waals surface area contributed by atoms with E-state index in [0.717, 1.165) is 22.6 Å². The molecule has 4 rings (SSSR count). The van der Waals surface area contributed by atoms with Crippen molar-refractivity contribution in [3.8, 4) is 0 Å². The number of carbonyl (C=O) groups is 3. The Kier molecular flexibility index (Phi) is 7.72. The van der Waals surface area contributed by atoms with Crippen LogP contribution in [0.4, 0.5) is 16.5 Å². The largest absolute Gasteiger partial charge is 0.325 e. The normalized spacial score (nSPS) is 15.4. The third kappa shape index (κ3) is 6.06. The van der Waals surface area contributed by atoms with Gasteiger partial charge in [-0.05, 0) is 42.8 Å². The highest BCUT2D eigenvalue weighted by molar-refractivity contribution is 8.01. The Balaban J connectivity index is 1.28. The van der Waals surface area contributed by atoms with E-state index in [-0.39, 0.29) is 29.9 Å². The fourth-order valence-corrected chi connectivity index (χ4v) is 5.21. The van der Waals surface area contributed by atoms with E-state index in [1.54, 1.807) is 23.1 Å². The fraction of sp³-hybridized carbons (Fsp3) is 0.227. The summed E-state index contributed by atoms with van der Waals surface area (Å²) in [5.74, 6) is -0.999. The smallest absolute Gasteiger partial charge is 0.234 e. The minimum Gasteiger partial charge on any atom is -0.325 e. The predicted octanol–water partition coefficient (Wildman–Crippen LogP) is 4.88. The standard InChI is InChI=1S/C22H19Cl2N5O3S2/c1-12-3-2-4-15(7-12)29-10-13(8-19(29)31)20(32)26-21-27-28-22(34-21)33-11-18(30)25-14-5-6-16(23)17(24)9-14/h2-7,9,13H,8,10-11H2,1H3,(H,25,30)(H,26,27,32). The van der Waals surface area contributed by atoms with E-state index in [2.05, 4.69) is 20.8 Å². The number of benzene rings is 2. The number of aryl methyl sites for hydroxylation is 1. The van der Waals surface area contributed by atoms with Gasteiger partial charge in [0, 0.05) is 24.3 Å². The molecule has 0 spiro atoms. The molecule has 12 heteroatoms. The lowest BCUT2D eigenvalue weighted by molar-refractivity contribution is -0.122. The second-order valence-corrected chi connectivity index (χ2v) is 10.6. The molecule has 1 aliphatic rings. The van der Waals surface area contributed by atoms with E-state index in [4.69, 9.17) is 23.2 Å². The van der Waals surface area contributed by atoms with Crippen molar-refractivity contribution in [1.29, 1.82) is 0 Å². The Morgan fingerprint density at radius 1 is 1.15 bits per heavy atom. The number of amides is 3. The van der Waals surface area contributed by atoms with Gasteiger partial charge in [0.25, 0.3) is 0 Å². The minimum absolute atomic E-state index is 0.0905. The van der Waals surface area contributed by atoms with Crippen LogP contribution >= 0.6 is 46.3 Å². The van der Waals surface area contributed by atoms with Crippen molar-refractivity contribution in [2.75, 3.05) is 27.8 Å². The molecule has 3 amide bonds. The first-order valence-electron chi connectivity index (χ1n) is 10.2. The van der Waals surface area contributed by atoms with Crippen LogP contribution in [0.3, 0.4) is 0 Å². The summed E-state index contributed by atoms with van der Waals surface area (Å²) in [6.07, 6.45) is 0.134. The van der Waals surface area contributed by atoms with Gasteiger partial charge in [-0.3, -0.25) is 14.4 Å². The molecule has 34 heavy (non-hydrogen) atoms. The summed E-state index contributed by atoms with van der Waals surface area (Å²) in [6, 6.07) is 12.4. The van der Waals surface area contributed by atoms with E-state index < -0.39 is 5.92 Å². The van der Waals surface area contributed by atoms with Crippen LogP contribution in [0.2, 0.25) is 10.0 Å². The molecule has 1 atom stereocenters. The molecule has 2 N–H and O–H groups in total. The van der Waals surface area contributed by atoms with Crippen LogP contribution in [0.5, 0.6) is 0 Å². The number of halogens is 2. The van der Waals surface area contributed by atoms with Gasteiger partial charge >= 0.3 is 0 Å². The number of anilines is 3. The lowest BCUT2D eigenvalue weighted by Gasteiger charge is -2.17. The fourth-order valence-electron chi connectivity index (χ4n) is 3.35. The zero-order valence-corrected chi connectivity index (χ0v) is 21.0. The van der Waals surface area contributed by atoms with Gasteiger partial charge in [-0.2, -0.15) is 0 Å². The van der Waals surface area contributed by atoms with Gasteiger partial charge in [0.1, 0.15) is 0 Å². The molecule has 2 heterocycles. The number of hydrogen-bond donors (Lipinski definition) is 2. The highest BCUT2D eigenvalue weighted by atomic mass is 35.5. The zero-order valence-electron chi connectivity index (χ0n) is 17.9. The van der Waals surface area contributed by atoms with Crippen molar-refractivity contribution in [3.05, 3.63) is 58.1 Å². The summed E-state index contributed by atoms with van der Waals surface area (Å²) < 4.78 is 0.531. The second-order valence-electron chi connectivity index (χ2n) is 7.57. The summed E-state index contributed by atoms with van der Waals surface area (Å²) in [7, 11) is 0. The van der Waals surface area contributed by atoms with Crippen LogP contribution in [0.25, 0.3) is 0 Å². The van der Waals surface area contributed by atoms with Gasteiger partial charge in [0.15, 0.2) is 4.34 Å². The van der Waals surface area contributed by atoms with Gasteiger partial charge in [0.2, 0.25) is 22.9 Å². The van der Waals surface area contributed by atoms with E-state index >= 15 is 0 Å². The molecule has 1 aromatic heterocycles. The molecule has 1 aliphatic heterocycles. The molecule has 0 aliphatic carbocycles. The maximum Gasteiger partial charge on any atom is 0.234 e. The number of rotatable bonds is 7. The first-order chi connectivity index (χ1) is 16.3. The molecule has 0 saturated carbocycles. The maximum absolute atomic E-state index is 12.7. The molecular formula is C22H19Cl2N5O3S2. The van der Waals surface area contributed by atoms with Crippen LogP contribution in [0.1, 0.15) is 12.0 Å². The van der Waals surface area contributed by atoms with Gasteiger partial charge in [-0.1, -0.05) is 58.4 Å². The molecule has 1 fully saturated rings. The number of nitrogens with zero attached hydrogens (tertiary/aromatic N) is 3. The number of carbonyl (C=O) groups excluding carboxylic acids is 3. The number of thioether (sulfide) groups is 1. The number of hydrogen-bond acceptors (Lipinski definition) is 7. The SMILES string of the molecule is Cc1cccc(N2CC(C(=O)Nc3nnc(SCC(=O)Nc4ccc(Cl)c(Cl)c4)s3)CC2=O)c1. The lowest BCUT2D eigenvalue weighted by Crippen LogP contribution is -2.28. The van der Waals surface area contributed by atoms with Crippen LogP contribution in [0, 0.1) is 12.8 Å². The first kappa shape index (κ1) is 24.5. The molecule has 3 aromatic rings. The quantitative estimate of drug-likeness (QED) is 0.330. The van der Waals surface area contributed by atoms with Crippen molar-refractivity contribution in [2.24, 2.45) is 5.92 Å². The zero-order chi connectivity index (χ0) is 24.2. The molecule has 176 valence electrons. The van der Waals surface area contributed by atoms with Crippen molar-refractivity contribution in [3.63, 3.8) is 0 Å². The van der Waals surface area contributed by atoms with Gasteiger partial charge in [-0.15, -0.1) is 10.2 Å². The third-order valence-electron chi connectivity index (χ3n) is 4.98. The molecule has 8 nitrogen and oxygen atoms in total. The van der Waals surface area contributed by atoms with Gasteiger partial charge < -0.3 is 15.5 Å². The maximum atomic E-state index is 12.7.